The molecule has 0 aliphatic carbocycles. The maximum atomic E-state index is 12.4. The van der Waals surface area contributed by atoms with E-state index in [4.69, 9.17) is 11.6 Å². The second-order valence-electron chi connectivity index (χ2n) is 3.64. The van der Waals surface area contributed by atoms with Crippen LogP contribution in [0.25, 0.3) is 10.9 Å². The van der Waals surface area contributed by atoms with Crippen LogP contribution >= 0.6 is 11.6 Å². The van der Waals surface area contributed by atoms with Crippen LogP contribution in [0.15, 0.2) is 24.4 Å². The van der Waals surface area contributed by atoms with Crippen LogP contribution in [-0.4, -0.2) is 16.5 Å². The minimum Gasteiger partial charge on any atom is -0.350 e. The van der Waals surface area contributed by atoms with Crippen LogP contribution in [0.3, 0.4) is 0 Å². The predicted octanol–water partition coefficient (Wildman–Crippen LogP) is 3.58. The van der Waals surface area contributed by atoms with E-state index in [2.05, 4.69) is 0 Å². The number of hydrogen-bond acceptors (Lipinski definition) is 1. The number of Topliss-reactive ketones (excluding diaryl/α,β-unsaturated/α-hetero) is 1. The summed E-state index contributed by atoms with van der Waals surface area (Å²) in [5, 5.41) is 0.656. The van der Waals surface area contributed by atoms with Crippen LogP contribution < -0.4 is 0 Å². The number of rotatable bonds is 1. The first-order valence-electron chi connectivity index (χ1n) is 4.67. The zero-order valence-corrected chi connectivity index (χ0v) is 9.43. The molecule has 2 nitrogen and oxygen atoms in total. The van der Waals surface area contributed by atoms with E-state index in [1.165, 1.54) is 22.8 Å². The van der Waals surface area contributed by atoms with Gasteiger partial charge in [0.25, 0.3) is 5.78 Å². The summed E-state index contributed by atoms with van der Waals surface area (Å²) in [5.41, 5.74) is 0.136. The van der Waals surface area contributed by atoms with Gasteiger partial charge in [-0.3, -0.25) is 4.79 Å². The van der Waals surface area contributed by atoms with E-state index in [0.717, 1.165) is 6.20 Å². The number of fused-ring (bicyclic) bond motifs is 1. The van der Waals surface area contributed by atoms with E-state index in [0.29, 0.717) is 10.5 Å². The second-order valence-corrected chi connectivity index (χ2v) is 4.08. The molecule has 90 valence electrons. The van der Waals surface area contributed by atoms with Crippen LogP contribution in [0.4, 0.5) is 13.2 Å². The van der Waals surface area contributed by atoms with Crippen molar-refractivity contribution in [3.8, 4) is 0 Å². The monoisotopic (exact) mass is 261 g/mol. The average molecular weight is 262 g/mol. The molecular weight excluding hydrogens is 255 g/mol. The Balaban J connectivity index is 2.68. The summed E-state index contributed by atoms with van der Waals surface area (Å²) in [4.78, 5) is 11.2. The zero-order chi connectivity index (χ0) is 12.8. The third kappa shape index (κ3) is 2.02. The Kier molecular flexibility index (Phi) is 2.66. The van der Waals surface area contributed by atoms with E-state index in [-0.39, 0.29) is 10.9 Å². The molecule has 0 spiro atoms. The van der Waals surface area contributed by atoms with Crippen molar-refractivity contribution >= 4 is 28.3 Å². The van der Waals surface area contributed by atoms with Gasteiger partial charge >= 0.3 is 6.18 Å². The lowest BCUT2D eigenvalue weighted by atomic mass is 10.1. The number of hydrogen-bond donors (Lipinski definition) is 0. The zero-order valence-electron chi connectivity index (χ0n) is 8.68. The van der Waals surface area contributed by atoms with E-state index in [1.54, 1.807) is 7.05 Å². The molecule has 2 aromatic rings. The molecule has 0 amide bonds. The number of halogens is 4. The number of alkyl halides is 3. The van der Waals surface area contributed by atoms with Crippen molar-refractivity contribution in [3.05, 3.63) is 35.0 Å². The lowest BCUT2D eigenvalue weighted by Gasteiger charge is -2.03. The summed E-state index contributed by atoms with van der Waals surface area (Å²) in [6, 6.07) is 4.39. The summed E-state index contributed by atoms with van der Waals surface area (Å²) in [7, 11) is 1.56. The van der Waals surface area contributed by atoms with Crippen LogP contribution in [-0.2, 0) is 7.05 Å². The summed E-state index contributed by atoms with van der Waals surface area (Å²) in [6.45, 7) is 0. The first-order chi connectivity index (χ1) is 7.80. The van der Waals surface area contributed by atoms with Gasteiger partial charge in [0.15, 0.2) is 0 Å². The van der Waals surface area contributed by atoms with Crippen molar-refractivity contribution < 1.29 is 18.0 Å². The molecule has 0 saturated heterocycles. The van der Waals surface area contributed by atoms with Gasteiger partial charge in [-0.15, -0.1) is 0 Å². The molecule has 17 heavy (non-hydrogen) atoms. The van der Waals surface area contributed by atoms with E-state index in [9.17, 15) is 18.0 Å². The molecule has 6 heteroatoms. The normalized spacial score (nSPS) is 12.1. The van der Waals surface area contributed by atoms with Crippen molar-refractivity contribution in [2.24, 2.45) is 7.05 Å². The van der Waals surface area contributed by atoms with Crippen molar-refractivity contribution in [2.75, 3.05) is 0 Å². The van der Waals surface area contributed by atoms with Crippen LogP contribution in [0.1, 0.15) is 10.4 Å². The fourth-order valence-corrected chi connectivity index (χ4v) is 1.86. The highest BCUT2D eigenvalue weighted by Crippen LogP contribution is 2.29. The lowest BCUT2D eigenvalue weighted by molar-refractivity contribution is -0.0884. The van der Waals surface area contributed by atoms with Gasteiger partial charge in [-0.05, 0) is 12.1 Å². The first-order valence-corrected chi connectivity index (χ1v) is 5.04. The largest absolute Gasteiger partial charge is 0.454 e. The number of aryl methyl sites for hydroxylation is 1. The third-order valence-electron chi connectivity index (χ3n) is 2.45. The van der Waals surface area contributed by atoms with Gasteiger partial charge < -0.3 is 4.57 Å². The van der Waals surface area contributed by atoms with Crippen molar-refractivity contribution in [1.82, 2.24) is 4.57 Å². The number of benzene rings is 1. The third-order valence-corrected chi connectivity index (χ3v) is 2.69. The predicted molar refractivity (Wildman–Crippen MR) is 58.3 cm³/mol. The molecular formula is C11H7ClF3NO. The molecule has 0 atom stereocenters. The number of ketones is 1. The molecule has 2 rings (SSSR count). The Morgan fingerprint density at radius 2 is 2.00 bits per heavy atom. The smallest absolute Gasteiger partial charge is 0.350 e. The molecule has 0 fully saturated rings. The molecule has 1 aromatic carbocycles. The van der Waals surface area contributed by atoms with Crippen molar-refractivity contribution in [3.63, 3.8) is 0 Å². The molecule has 0 saturated carbocycles. The Bertz CT molecular complexity index is 601. The number of carbonyl (C=O) groups is 1. The minimum atomic E-state index is -4.87. The van der Waals surface area contributed by atoms with E-state index < -0.39 is 12.0 Å². The second kappa shape index (κ2) is 3.77. The maximum Gasteiger partial charge on any atom is 0.454 e. The minimum absolute atomic E-state index is 0.249. The highest BCUT2D eigenvalue weighted by Gasteiger charge is 2.40. The van der Waals surface area contributed by atoms with Gasteiger partial charge in [0.1, 0.15) is 0 Å². The number of nitrogens with zero attached hydrogens (tertiary/aromatic N) is 1. The summed E-state index contributed by atoms with van der Waals surface area (Å²) in [6.07, 6.45) is -3.70. The highest BCUT2D eigenvalue weighted by molar-refractivity contribution is 6.31. The summed E-state index contributed by atoms with van der Waals surface area (Å²) in [5.74, 6) is -1.84. The topological polar surface area (TPSA) is 22.0 Å². The molecule has 0 aliphatic heterocycles. The van der Waals surface area contributed by atoms with Gasteiger partial charge in [-0.2, -0.15) is 13.2 Å². The van der Waals surface area contributed by atoms with Gasteiger partial charge in [-0.25, -0.2) is 0 Å². The summed E-state index contributed by atoms with van der Waals surface area (Å²) < 4.78 is 38.5. The van der Waals surface area contributed by atoms with Crippen LogP contribution in [0.5, 0.6) is 0 Å². The Labute approximate surface area is 99.6 Å². The Morgan fingerprint density at radius 3 is 2.59 bits per heavy atom. The molecule has 0 unspecified atom stereocenters. The van der Waals surface area contributed by atoms with E-state index in [1.807, 2.05) is 0 Å². The van der Waals surface area contributed by atoms with Crippen LogP contribution in [0, 0.1) is 0 Å². The lowest BCUT2D eigenvalue weighted by Crippen LogP contribution is -2.22. The quantitative estimate of drug-likeness (QED) is 0.719. The van der Waals surface area contributed by atoms with Crippen LogP contribution in [0.2, 0.25) is 5.02 Å². The Hall–Kier alpha value is -1.49. The van der Waals surface area contributed by atoms with E-state index >= 15 is 0 Å². The van der Waals surface area contributed by atoms with Gasteiger partial charge in [-0.1, -0.05) is 17.7 Å². The maximum absolute atomic E-state index is 12.4. The van der Waals surface area contributed by atoms with Gasteiger partial charge in [0, 0.05) is 29.2 Å². The first kappa shape index (κ1) is 12.0. The molecule has 1 aromatic heterocycles. The van der Waals surface area contributed by atoms with Crippen molar-refractivity contribution in [1.29, 1.82) is 0 Å². The average Bonchev–Trinajstić information content (AvgIpc) is 2.53. The molecule has 0 aliphatic rings. The molecule has 0 radical (unpaired) electrons. The Morgan fingerprint density at radius 1 is 1.35 bits per heavy atom. The summed E-state index contributed by atoms with van der Waals surface area (Å²) >= 11 is 5.75. The fraction of sp³-hybridized carbons (Fsp3) is 0.182. The SMILES string of the molecule is Cn1cc(C(=O)C(F)(F)F)c2ccc(Cl)cc21. The standard InChI is InChI=1S/C11H7ClF3NO/c1-16-5-8(10(17)11(13,14)15)7-3-2-6(12)4-9(7)16/h2-5H,1H3. The molecule has 0 N–H and O–H groups in total. The van der Waals surface area contributed by atoms with Gasteiger partial charge in [0.2, 0.25) is 0 Å². The number of aromatic nitrogens is 1. The van der Waals surface area contributed by atoms with Gasteiger partial charge in [0.05, 0.1) is 5.56 Å². The highest BCUT2D eigenvalue weighted by atomic mass is 35.5. The fourth-order valence-electron chi connectivity index (χ4n) is 1.69. The number of carbonyl (C=O) groups excluding carboxylic acids is 1. The molecule has 1 heterocycles. The van der Waals surface area contributed by atoms with Crippen molar-refractivity contribution in [2.45, 2.75) is 6.18 Å². The molecule has 0 bridgehead atoms.